The van der Waals surface area contributed by atoms with Crippen molar-refractivity contribution >= 4 is 0 Å². The van der Waals surface area contributed by atoms with E-state index in [4.69, 9.17) is 4.74 Å². The summed E-state index contributed by atoms with van der Waals surface area (Å²) in [5.41, 5.74) is 3.81. The zero-order valence-electron chi connectivity index (χ0n) is 20.1. The normalized spacial score (nSPS) is 20.6. The molecule has 0 bridgehead atoms. The van der Waals surface area contributed by atoms with Gasteiger partial charge < -0.3 is 14.5 Å². The van der Waals surface area contributed by atoms with E-state index in [0.29, 0.717) is 0 Å². The number of nitrogens with zero attached hydrogens (tertiary/aromatic N) is 4. The van der Waals surface area contributed by atoms with Gasteiger partial charge in [0.25, 0.3) is 0 Å². The first-order valence-corrected chi connectivity index (χ1v) is 12.2. The average Bonchev–Trinajstić information content (AvgIpc) is 2.81. The van der Waals surface area contributed by atoms with Gasteiger partial charge in [-0.25, -0.2) is 0 Å². The summed E-state index contributed by atoms with van der Waals surface area (Å²) in [5.74, 6) is 0. The minimum atomic E-state index is -0.0395. The quantitative estimate of drug-likeness (QED) is 0.633. The fourth-order valence-electron chi connectivity index (χ4n) is 4.81. The van der Waals surface area contributed by atoms with Crippen LogP contribution in [-0.4, -0.2) is 105 Å². The van der Waals surface area contributed by atoms with Crippen molar-refractivity contribution in [2.75, 3.05) is 79.5 Å². The van der Waals surface area contributed by atoms with E-state index in [9.17, 15) is 0 Å². The molecule has 0 aromatic heterocycles. The molecule has 0 saturated carbocycles. The van der Waals surface area contributed by atoms with Gasteiger partial charge >= 0.3 is 0 Å². The first kappa shape index (κ1) is 23.4. The highest BCUT2D eigenvalue weighted by Gasteiger charge is 2.27. The molecule has 4 rings (SSSR count). The summed E-state index contributed by atoms with van der Waals surface area (Å²) in [6, 6.07) is 19.4. The lowest BCUT2D eigenvalue weighted by molar-refractivity contribution is -0.0393. The third-order valence-corrected chi connectivity index (χ3v) is 7.02. The molecule has 5 heteroatoms. The highest BCUT2D eigenvalue weighted by molar-refractivity contribution is 5.35. The van der Waals surface area contributed by atoms with Crippen molar-refractivity contribution in [3.8, 4) is 0 Å². The summed E-state index contributed by atoms with van der Waals surface area (Å²) in [7, 11) is 4.44. The molecular formula is C27H40N4O. The maximum Gasteiger partial charge on any atom is 0.108 e. The summed E-state index contributed by atoms with van der Waals surface area (Å²) in [6.45, 7) is 13.2. The van der Waals surface area contributed by atoms with Crippen LogP contribution in [0.4, 0.5) is 0 Å². The van der Waals surface area contributed by atoms with Crippen LogP contribution in [0.25, 0.3) is 0 Å². The summed E-state index contributed by atoms with van der Waals surface area (Å²) in [5, 5.41) is 0. The second-order valence-electron chi connectivity index (χ2n) is 9.61. The molecule has 2 fully saturated rings. The number of hydrogen-bond donors (Lipinski definition) is 0. The van der Waals surface area contributed by atoms with Gasteiger partial charge in [-0.3, -0.25) is 9.80 Å². The molecule has 2 heterocycles. The van der Waals surface area contributed by atoms with E-state index in [1.165, 1.54) is 16.7 Å². The van der Waals surface area contributed by atoms with Gasteiger partial charge in [-0.15, -0.1) is 0 Å². The van der Waals surface area contributed by atoms with E-state index in [0.717, 1.165) is 65.4 Å². The number of ether oxygens (including phenoxy) is 1. The van der Waals surface area contributed by atoms with Gasteiger partial charge in [0, 0.05) is 65.4 Å². The van der Waals surface area contributed by atoms with Crippen LogP contribution in [0.5, 0.6) is 0 Å². The molecule has 5 nitrogen and oxygen atoms in total. The molecule has 0 N–H and O–H groups in total. The molecule has 32 heavy (non-hydrogen) atoms. The molecular weight excluding hydrogens is 396 g/mol. The van der Waals surface area contributed by atoms with Crippen molar-refractivity contribution in [3.05, 3.63) is 71.3 Å². The van der Waals surface area contributed by atoms with Gasteiger partial charge in [-0.05, 0) is 37.7 Å². The van der Waals surface area contributed by atoms with E-state index >= 15 is 0 Å². The molecule has 0 aliphatic carbocycles. The Morgan fingerprint density at radius 1 is 0.688 bits per heavy atom. The van der Waals surface area contributed by atoms with E-state index in [1.54, 1.807) is 0 Å². The van der Waals surface area contributed by atoms with Gasteiger partial charge in [0.05, 0.1) is 6.10 Å². The fourth-order valence-corrected chi connectivity index (χ4v) is 4.81. The summed E-state index contributed by atoms with van der Waals surface area (Å²) >= 11 is 0. The van der Waals surface area contributed by atoms with Crippen molar-refractivity contribution in [1.82, 2.24) is 19.6 Å². The minimum absolute atomic E-state index is 0.0395. The number of piperazine rings is 2. The van der Waals surface area contributed by atoms with Crippen molar-refractivity contribution in [1.29, 1.82) is 0 Å². The maximum absolute atomic E-state index is 7.05. The molecule has 174 valence electrons. The first-order valence-electron chi connectivity index (χ1n) is 12.2. The molecule has 2 aromatic carbocycles. The van der Waals surface area contributed by atoms with E-state index in [2.05, 4.69) is 95.2 Å². The zero-order chi connectivity index (χ0) is 22.3. The molecule has 2 aromatic rings. The highest BCUT2D eigenvalue weighted by Crippen LogP contribution is 2.30. The Kier molecular flexibility index (Phi) is 8.33. The number of likely N-dealkylation sites (N-methyl/N-ethyl adjacent to an activating group) is 2. The van der Waals surface area contributed by atoms with Crippen LogP contribution in [0.3, 0.4) is 0 Å². The Bertz CT molecular complexity index is 789. The van der Waals surface area contributed by atoms with Crippen LogP contribution in [-0.2, 0) is 4.74 Å². The first-order chi connectivity index (χ1) is 15.6. The van der Waals surface area contributed by atoms with Crippen LogP contribution in [0.2, 0.25) is 0 Å². The van der Waals surface area contributed by atoms with Gasteiger partial charge in [0.1, 0.15) is 6.10 Å². The number of aryl methyl sites for hydroxylation is 1. The highest BCUT2D eigenvalue weighted by atomic mass is 16.5. The lowest BCUT2D eigenvalue weighted by Crippen LogP contribution is -2.52. The monoisotopic (exact) mass is 436 g/mol. The largest absolute Gasteiger partial charge is 0.363 e. The molecule has 2 saturated heterocycles. The number of rotatable bonds is 8. The Morgan fingerprint density at radius 3 is 1.72 bits per heavy atom. The predicted octanol–water partition coefficient (Wildman–Crippen LogP) is 2.96. The number of hydrogen-bond acceptors (Lipinski definition) is 5. The second kappa shape index (κ2) is 11.4. The summed E-state index contributed by atoms with van der Waals surface area (Å²) in [4.78, 5) is 10.0. The third kappa shape index (κ3) is 6.40. The lowest BCUT2D eigenvalue weighted by atomic mass is 9.97. The molecule has 1 atom stereocenters. The van der Waals surface area contributed by atoms with Crippen molar-refractivity contribution in [2.24, 2.45) is 0 Å². The second-order valence-corrected chi connectivity index (χ2v) is 9.61. The topological polar surface area (TPSA) is 22.2 Å². The third-order valence-electron chi connectivity index (χ3n) is 7.02. The Labute approximate surface area is 194 Å². The molecule has 0 amide bonds. The van der Waals surface area contributed by atoms with E-state index in [-0.39, 0.29) is 12.2 Å². The molecule has 0 spiro atoms. The Morgan fingerprint density at radius 2 is 1.19 bits per heavy atom. The fraction of sp³-hybridized carbons (Fsp3) is 0.556. The summed E-state index contributed by atoms with van der Waals surface area (Å²) < 4.78 is 7.05. The van der Waals surface area contributed by atoms with Gasteiger partial charge in [0.15, 0.2) is 0 Å². The summed E-state index contributed by atoms with van der Waals surface area (Å²) in [6.07, 6.45) is 0.133. The van der Waals surface area contributed by atoms with Crippen LogP contribution < -0.4 is 0 Å². The molecule has 2 aliphatic heterocycles. The Hall–Kier alpha value is -1.76. The van der Waals surface area contributed by atoms with Crippen LogP contribution in [0.1, 0.15) is 22.8 Å². The standard InChI is InChI=1S/C27H40N4O/c1-23-9-7-8-12-26(23)27(24-10-5-4-6-11-24)32-25(21-30-17-13-28(2)14-18-30)22-31-19-15-29(3)16-20-31/h4-12,25,27H,13-22H2,1-3H3. The molecule has 1 unspecified atom stereocenters. The average molecular weight is 437 g/mol. The smallest absolute Gasteiger partial charge is 0.108 e. The zero-order valence-corrected chi connectivity index (χ0v) is 20.1. The van der Waals surface area contributed by atoms with Crippen LogP contribution in [0.15, 0.2) is 54.6 Å². The number of benzene rings is 2. The maximum atomic E-state index is 7.05. The van der Waals surface area contributed by atoms with Gasteiger partial charge in [0.2, 0.25) is 0 Å². The minimum Gasteiger partial charge on any atom is -0.363 e. The van der Waals surface area contributed by atoms with Gasteiger partial charge in [-0.2, -0.15) is 0 Å². The molecule has 2 aliphatic rings. The van der Waals surface area contributed by atoms with Crippen molar-refractivity contribution < 1.29 is 4.74 Å². The molecule has 0 radical (unpaired) electrons. The van der Waals surface area contributed by atoms with Crippen molar-refractivity contribution in [3.63, 3.8) is 0 Å². The van der Waals surface area contributed by atoms with E-state index in [1.807, 2.05) is 0 Å². The van der Waals surface area contributed by atoms with Crippen molar-refractivity contribution in [2.45, 2.75) is 19.1 Å². The Balaban J connectivity index is 1.55. The van der Waals surface area contributed by atoms with Gasteiger partial charge in [-0.1, -0.05) is 54.6 Å². The van der Waals surface area contributed by atoms with E-state index < -0.39 is 0 Å². The predicted molar refractivity (Wildman–Crippen MR) is 132 cm³/mol. The SMILES string of the molecule is Cc1ccccc1C(OC(CN1CCN(C)CC1)CN1CCN(C)CC1)c1ccccc1. The van der Waals surface area contributed by atoms with Crippen LogP contribution >= 0.6 is 0 Å². The van der Waals surface area contributed by atoms with Crippen LogP contribution in [0, 0.1) is 6.92 Å². The lowest BCUT2D eigenvalue weighted by Gasteiger charge is -2.39.